The van der Waals surface area contributed by atoms with Gasteiger partial charge in [0.15, 0.2) is 6.23 Å². The van der Waals surface area contributed by atoms with Gasteiger partial charge in [-0.1, -0.05) is 26.0 Å². The lowest BCUT2D eigenvalue weighted by molar-refractivity contribution is 0.175. The van der Waals surface area contributed by atoms with E-state index in [1.807, 2.05) is 19.1 Å². The third-order valence-corrected chi connectivity index (χ3v) is 4.12. The van der Waals surface area contributed by atoms with Crippen LogP contribution in [0, 0.1) is 0 Å². The number of rotatable bonds is 7. The Morgan fingerprint density at radius 2 is 1.88 bits per heavy atom. The van der Waals surface area contributed by atoms with Gasteiger partial charge in [0.05, 0.1) is 0 Å². The van der Waals surface area contributed by atoms with Crippen molar-refractivity contribution in [3.8, 4) is 5.75 Å². The first-order chi connectivity index (χ1) is 11.5. The van der Waals surface area contributed by atoms with E-state index in [-0.39, 0.29) is 12.3 Å². The second kappa shape index (κ2) is 9.49. The van der Waals surface area contributed by atoms with Crippen LogP contribution in [0.3, 0.4) is 0 Å². The van der Waals surface area contributed by atoms with E-state index < -0.39 is 0 Å². The Balaban J connectivity index is 1.65. The van der Waals surface area contributed by atoms with E-state index in [0.717, 1.165) is 38.5 Å². The summed E-state index contributed by atoms with van der Waals surface area (Å²) in [5, 5.41) is 8.99. The van der Waals surface area contributed by atoms with Crippen LogP contribution < -0.4 is 20.7 Å². The minimum Gasteiger partial charge on any atom is -0.471 e. The Hall–Kier alpha value is -1.79. The number of benzene rings is 1. The highest BCUT2D eigenvalue weighted by Gasteiger charge is 2.11. The van der Waals surface area contributed by atoms with Gasteiger partial charge < -0.3 is 20.7 Å². The van der Waals surface area contributed by atoms with Crippen molar-refractivity contribution in [2.24, 2.45) is 0 Å². The predicted molar refractivity (Wildman–Crippen MR) is 96.5 cm³/mol. The number of carbonyl (C=O) groups is 1. The van der Waals surface area contributed by atoms with Gasteiger partial charge >= 0.3 is 6.03 Å². The Morgan fingerprint density at radius 3 is 2.50 bits per heavy atom. The lowest BCUT2D eigenvalue weighted by atomic mass is 10.0. The van der Waals surface area contributed by atoms with Crippen molar-refractivity contribution in [1.29, 1.82) is 0 Å². The summed E-state index contributed by atoms with van der Waals surface area (Å²) >= 11 is 0. The summed E-state index contributed by atoms with van der Waals surface area (Å²) in [7, 11) is 0. The van der Waals surface area contributed by atoms with Crippen LogP contribution in [-0.4, -0.2) is 56.4 Å². The summed E-state index contributed by atoms with van der Waals surface area (Å²) in [6.07, 6.45) is -0.380. The molecular formula is C18H30N4O2. The fourth-order valence-electron chi connectivity index (χ4n) is 2.66. The first-order valence-corrected chi connectivity index (χ1v) is 8.78. The molecule has 0 saturated carbocycles. The maximum Gasteiger partial charge on any atom is 0.317 e. The quantitative estimate of drug-likeness (QED) is 0.665. The summed E-state index contributed by atoms with van der Waals surface area (Å²) < 4.78 is 5.73. The zero-order valence-corrected chi connectivity index (χ0v) is 15.0. The first kappa shape index (κ1) is 18.5. The highest BCUT2D eigenvalue weighted by Crippen LogP contribution is 2.19. The second-order valence-electron chi connectivity index (χ2n) is 6.48. The van der Waals surface area contributed by atoms with Crippen molar-refractivity contribution in [3.05, 3.63) is 29.8 Å². The van der Waals surface area contributed by atoms with Gasteiger partial charge in [0, 0.05) is 39.3 Å². The van der Waals surface area contributed by atoms with Gasteiger partial charge in [0.25, 0.3) is 0 Å². The van der Waals surface area contributed by atoms with Gasteiger partial charge in [0.2, 0.25) is 0 Å². The molecule has 6 heteroatoms. The molecule has 1 atom stereocenters. The van der Waals surface area contributed by atoms with Crippen LogP contribution in [0.2, 0.25) is 0 Å². The molecule has 1 aliphatic heterocycles. The number of hydrogen-bond acceptors (Lipinski definition) is 4. The molecular weight excluding hydrogens is 304 g/mol. The largest absolute Gasteiger partial charge is 0.471 e. The number of nitrogens with one attached hydrogen (secondary N) is 3. The van der Waals surface area contributed by atoms with Crippen LogP contribution in [0.5, 0.6) is 5.75 Å². The molecule has 1 heterocycles. The number of carbonyl (C=O) groups excluding carboxylic acids is 1. The lowest BCUT2D eigenvalue weighted by Gasteiger charge is -2.27. The molecule has 0 radical (unpaired) electrons. The van der Waals surface area contributed by atoms with E-state index in [1.165, 1.54) is 5.56 Å². The minimum atomic E-state index is -0.380. The Morgan fingerprint density at radius 1 is 1.21 bits per heavy atom. The lowest BCUT2D eigenvalue weighted by Crippen LogP contribution is -2.48. The van der Waals surface area contributed by atoms with Gasteiger partial charge in [-0.2, -0.15) is 0 Å². The molecule has 1 aromatic carbocycles. The van der Waals surface area contributed by atoms with Gasteiger partial charge in [0.1, 0.15) is 5.75 Å². The molecule has 3 N–H and O–H groups in total. The first-order valence-electron chi connectivity index (χ1n) is 8.78. The second-order valence-corrected chi connectivity index (χ2v) is 6.48. The van der Waals surface area contributed by atoms with Crippen LogP contribution in [0.15, 0.2) is 24.3 Å². The standard InChI is InChI=1S/C18H30N4O2/c1-14(2)16-4-6-17(7-5-16)24-15(3)21-18(23)20-10-13-22-11-8-19-9-12-22/h4-7,14-15,19H,8-13H2,1-3H3,(H2,20,21,23). The molecule has 0 aromatic heterocycles. The van der Waals surface area contributed by atoms with Gasteiger partial charge in [-0.3, -0.25) is 4.90 Å². The number of amides is 2. The van der Waals surface area contributed by atoms with Crippen molar-refractivity contribution in [1.82, 2.24) is 20.9 Å². The van der Waals surface area contributed by atoms with E-state index in [0.29, 0.717) is 12.5 Å². The molecule has 2 amide bonds. The maximum atomic E-state index is 11.9. The molecule has 6 nitrogen and oxygen atoms in total. The van der Waals surface area contributed by atoms with Crippen LogP contribution in [-0.2, 0) is 0 Å². The third kappa shape index (κ3) is 6.37. The fourth-order valence-corrected chi connectivity index (χ4v) is 2.66. The molecule has 1 aliphatic rings. The van der Waals surface area contributed by atoms with Crippen molar-refractivity contribution in [3.63, 3.8) is 0 Å². The van der Waals surface area contributed by atoms with E-state index in [9.17, 15) is 4.79 Å². The highest BCUT2D eigenvalue weighted by molar-refractivity contribution is 5.73. The third-order valence-electron chi connectivity index (χ3n) is 4.12. The van der Waals surface area contributed by atoms with Crippen molar-refractivity contribution >= 4 is 6.03 Å². The van der Waals surface area contributed by atoms with Crippen LogP contribution in [0.25, 0.3) is 0 Å². The SMILES string of the molecule is CC(NC(=O)NCCN1CCNCC1)Oc1ccc(C(C)C)cc1. The molecule has 1 fully saturated rings. The summed E-state index contributed by atoms with van der Waals surface area (Å²) in [5.41, 5.74) is 1.27. The molecule has 1 saturated heterocycles. The Bertz CT molecular complexity index is 498. The summed E-state index contributed by atoms with van der Waals surface area (Å²) in [4.78, 5) is 14.2. The zero-order valence-electron chi connectivity index (χ0n) is 15.0. The molecule has 0 aliphatic carbocycles. The minimum absolute atomic E-state index is 0.198. The van der Waals surface area contributed by atoms with Crippen LogP contribution in [0.4, 0.5) is 4.79 Å². The summed E-state index contributed by atoms with van der Waals surface area (Å²) in [6.45, 7) is 11.8. The summed E-state index contributed by atoms with van der Waals surface area (Å²) in [5.74, 6) is 1.25. The number of urea groups is 1. The van der Waals surface area contributed by atoms with Crippen molar-refractivity contribution in [2.75, 3.05) is 39.3 Å². The average molecular weight is 334 g/mol. The fraction of sp³-hybridized carbons (Fsp3) is 0.611. The van der Waals surface area contributed by atoms with E-state index in [1.54, 1.807) is 0 Å². The number of hydrogen-bond donors (Lipinski definition) is 3. The average Bonchev–Trinajstić information content (AvgIpc) is 2.56. The number of ether oxygens (including phenoxy) is 1. The maximum absolute atomic E-state index is 11.9. The predicted octanol–water partition coefficient (Wildman–Crippen LogP) is 1.74. The van der Waals surface area contributed by atoms with Crippen molar-refractivity contribution < 1.29 is 9.53 Å². The molecule has 2 rings (SSSR count). The molecule has 1 aromatic rings. The number of piperazine rings is 1. The van der Waals surface area contributed by atoms with Crippen LogP contribution >= 0.6 is 0 Å². The Labute approximate surface area is 144 Å². The molecule has 0 spiro atoms. The Kier molecular flexibility index (Phi) is 7.34. The zero-order chi connectivity index (χ0) is 17.4. The molecule has 0 bridgehead atoms. The molecule has 134 valence electrons. The number of nitrogens with zero attached hydrogens (tertiary/aromatic N) is 1. The normalized spacial score (nSPS) is 16.7. The van der Waals surface area contributed by atoms with E-state index >= 15 is 0 Å². The van der Waals surface area contributed by atoms with E-state index in [2.05, 4.69) is 46.8 Å². The summed E-state index contributed by atoms with van der Waals surface area (Å²) in [6, 6.07) is 7.79. The topological polar surface area (TPSA) is 65.6 Å². The van der Waals surface area contributed by atoms with Gasteiger partial charge in [-0.25, -0.2) is 4.79 Å². The van der Waals surface area contributed by atoms with Gasteiger partial charge in [-0.05, 0) is 30.5 Å². The molecule has 24 heavy (non-hydrogen) atoms. The van der Waals surface area contributed by atoms with Gasteiger partial charge in [-0.15, -0.1) is 0 Å². The monoisotopic (exact) mass is 334 g/mol. The smallest absolute Gasteiger partial charge is 0.317 e. The van der Waals surface area contributed by atoms with E-state index in [4.69, 9.17) is 4.74 Å². The van der Waals surface area contributed by atoms with Crippen LogP contribution in [0.1, 0.15) is 32.3 Å². The molecule has 1 unspecified atom stereocenters. The highest BCUT2D eigenvalue weighted by atomic mass is 16.5. The van der Waals surface area contributed by atoms with Crippen molar-refractivity contribution in [2.45, 2.75) is 32.9 Å².